The van der Waals surface area contributed by atoms with Crippen molar-refractivity contribution in [3.8, 4) is 0 Å². The highest BCUT2D eigenvalue weighted by Gasteiger charge is 2.19. The second kappa shape index (κ2) is 6.81. The van der Waals surface area contributed by atoms with Gasteiger partial charge in [0.25, 0.3) is 10.0 Å². The van der Waals surface area contributed by atoms with Crippen LogP contribution in [0.3, 0.4) is 0 Å². The summed E-state index contributed by atoms with van der Waals surface area (Å²) in [5.74, 6) is -0.630. The van der Waals surface area contributed by atoms with E-state index in [9.17, 15) is 13.2 Å². The highest BCUT2D eigenvalue weighted by atomic mass is 32.2. The number of sulfonamides is 1. The first-order chi connectivity index (χ1) is 9.22. The van der Waals surface area contributed by atoms with Crippen LogP contribution >= 0.6 is 0 Å². The molecule has 0 amide bonds. The van der Waals surface area contributed by atoms with E-state index < -0.39 is 16.0 Å². The summed E-state index contributed by atoms with van der Waals surface area (Å²) in [6.07, 6.45) is 2.70. The molecule has 20 heavy (non-hydrogen) atoms. The zero-order valence-corrected chi connectivity index (χ0v) is 12.6. The molecule has 0 aromatic carbocycles. The fourth-order valence-corrected chi connectivity index (χ4v) is 2.84. The van der Waals surface area contributed by atoms with Crippen LogP contribution in [0.25, 0.3) is 0 Å². The van der Waals surface area contributed by atoms with E-state index in [1.54, 1.807) is 6.92 Å². The summed E-state index contributed by atoms with van der Waals surface area (Å²) in [5.41, 5.74) is -0.0446. The Morgan fingerprint density at radius 3 is 2.40 bits per heavy atom. The first-order valence-corrected chi connectivity index (χ1v) is 7.92. The first-order valence-electron chi connectivity index (χ1n) is 6.44. The van der Waals surface area contributed by atoms with Gasteiger partial charge in [-0.15, -0.1) is 0 Å². The molecule has 2 N–H and O–H groups in total. The fraction of sp³-hybridized carbons (Fsp3) is 0.538. The molecular weight excluding hydrogens is 280 g/mol. The number of aromatic nitrogens is 1. The Kier molecular flexibility index (Phi) is 5.64. The van der Waals surface area contributed by atoms with Crippen LogP contribution in [0.15, 0.2) is 23.4 Å². The van der Waals surface area contributed by atoms with Gasteiger partial charge >= 0.3 is 5.97 Å². The standard InChI is InChI=1S/C13H20N2O4S/c1-9(2)4-5-10(3)15-20(18,19)12-7-6-11(8-14-12)13(16)17/h6-10,15H,4-5H2,1-3H3,(H,16,17). The molecule has 1 unspecified atom stereocenters. The number of hydrogen-bond acceptors (Lipinski definition) is 4. The van der Waals surface area contributed by atoms with Gasteiger partial charge < -0.3 is 5.11 Å². The summed E-state index contributed by atoms with van der Waals surface area (Å²) < 4.78 is 26.6. The lowest BCUT2D eigenvalue weighted by Crippen LogP contribution is -2.33. The number of carboxylic acid groups (broad SMARTS) is 1. The van der Waals surface area contributed by atoms with Gasteiger partial charge in [0.05, 0.1) is 5.56 Å². The van der Waals surface area contributed by atoms with Gasteiger partial charge in [0, 0.05) is 12.2 Å². The third kappa shape index (κ3) is 4.90. The van der Waals surface area contributed by atoms with Crippen LogP contribution in [0.5, 0.6) is 0 Å². The Bertz CT molecular complexity index is 552. The highest BCUT2D eigenvalue weighted by Crippen LogP contribution is 2.11. The Morgan fingerprint density at radius 1 is 1.30 bits per heavy atom. The van der Waals surface area contributed by atoms with Crippen molar-refractivity contribution in [2.24, 2.45) is 5.92 Å². The van der Waals surface area contributed by atoms with Crippen molar-refractivity contribution in [3.63, 3.8) is 0 Å². The van der Waals surface area contributed by atoms with Crippen molar-refractivity contribution in [2.75, 3.05) is 0 Å². The molecule has 1 heterocycles. The maximum atomic E-state index is 12.0. The molecule has 0 saturated heterocycles. The number of pyridine rings is 1. The third-order valence-corrected chi connectivity index (χ3v) is 4.30. The largest absolute Gasteiger partial charge is 0.478 e. The molecule has 0 aliphatic rings. The minimum atomic E-state index is -3.70. The van der Waals surface area contributed by atoms with E-state index in [1.165, 1.54) is 12.1 Å². The maximum absolute atomic E-state index is 12.0. The molecule has 1 rings (SSSR count). The topological polar surface area (TPSA) is 96.4 Å². The summed E-state index contributed by atoms with van der Waals surface area (Å²) in [6, 6.07) is 2.23. The van der Waals surface area contributed by atoms with Crippen LogP contribution in [-0.2, 0) is 10.0 Å². The van der Waals surface area contributed by atoms with Gasteiger partial charge in [0.2, 0.25) is 0 Å². The van der Waals surface area contributed by atoms with E-state index in [-0.39, 0.29) is 16.6 Å². The minimum Gasteiger partial charge on any atom is -0.478 e. The Balaban J connectivity index is 2.75. The van der Waals surface area contributed by atoms with Gasteiger partial charge in [-0.2, -0.15) is 0 Å². The molecule has 6 nitrogen and oxygen atoms in total. The molecule has 112 valence electrons. The lowest BCUT2D eigenvalue weighted by atomic mass is 10.1. The van der Waals surface area contributed by atoms with Crippen LogP contribution in [0.4, 0.5) is 0 Å². The molecule has 0 aliphatic heterocycles. The SMILES string of the molecule is CC(C)CCC(C)NS(=O)(=O)c1ccc(C(=O)O)cn1. The van der Waals surface area contributed by atoms with Crippen molar-refractivity contribution in [1.82, 2.24) is 9.71 Å². The summed E-state index contributed by atoms with van der Waals surface area (Å²) in [7, 11) is -3.70. The van der Waals surface area contributed by atoms with Crippen LogP contribution in [-0.4, -0.2) is 30.5 Å². The second-order valence-corrected chi connectivity index (χ2v) is 6.84. The summed E-state index contributed by atoms with van der Waals surface area (Å²) >= 11 is 0. The molecular formula is C13H20N2O4S. The van der Waals surface area contributed by atoms with E-state index in [0.717, 1.165) is 19.0 Å². The Labute approximate surface area is 119 Å². The van der Waals surface area contributed by atoms with E-state index in [0.29, 0.717) is 5.92 Å². The van der Waals surface area contributed by atoms with Gasteiger partial charge in [-0.25, -0.2) is 22.9 Å². The molecule has 0 aliphatic carbocycles. The van der Waals surface area contributed by atoms with Gasteiger partial charge in [-0.1, -0.05) is 13.8 Å². The lowest BCUT2D eigenvalue weighted by Gasteiger charge is -2.14. The van der Waals surface area contributed by atoms with Gasteiger partial charge in [0.15, 0.2) is 5.03 Å². The third-order valence-electron chi connectivity index (χ3n) is 2.79. The molecule has 1 aromatic heterocycles. The van der Waals surface area contributed by atoms with E-state index in [1.807, 2.05) is 0 Å². The number of rotatable bonds is 7. The van der Waals surface area contributed by atoms with Crippen molar-refractivity contribution in [1.29, 1.82) is 0 Å². The molecule has 0 saturated carbocycles. The van der Waals surface area contributed by atoms with Crippen LogP contribution in [0.1, 0.15) is 44.0 Å². The highest BCUT2D eigenvalue weighted by molar-refractivity contribution is 7.89. The fourth-order valence-electron chi connectivity index (χ4n) is 1.63. The van der Waals surface area contributed by atoms with Crippen LogP contribution in [0, 0.1) is 5.92 Å². The molecule has 0 spiro atoms. The first kappa shape index (κ1) is 16.6. The normalized spacial score (nSPS) is 13.4. The van der Waals surface area contributed by atoms with Crippen molar-refractivity contribution >= 4 is 16.0 Å². The average Bonchev–Trinajstić information content (AvgIpc) is 2.36. The zero-order valence-electron chi connectivity index (χ0n) is 11.8. The number of aromatic carboxylic acids is 1. The molecule has 0 bridgehead atoms. The molecule has 0 radical (unpaired) electrons. The number of carbonyl (C=O) groups is 1. The summed E-state index contributed by atoms with van der Waals surface area (Å²) in [4.78, 5) is 14.4. The van der Waals surface area contributed by atoms with E-state index in [4.69, 9.17) is 5.11 Å². The Morgan fingerprint density at radius 2 is 1.95 bits per heavy atom. The van der Waals surface area contributed by atoms with Gasteiger partial charge in [0.1, 0.15) is 0 Å². The maximum Gasteiger partial charge on any atom is 0.337 e. The monoisotopic (exact) mass is 300 g/mol. The molecule has 7 heteroatoms. The van der Waals surface area contributed by atoms with Crippen molar-refractivity contribution < 1.29 is 18.3 Å². The second-order valence-electron chi connectivity index (χ2n) is 5.18. The van der Waals surface area contributed by atoms with Gasteiger partial charge in [-0.3, -0.25) is 0 Å². The molecule has 0 fully saturated rings. The summed E-state index contributed by atoms with van der Waals surface area (Å²) in [5, 5.41) is 8.57. The quantitative estimate of drug-likeness (QED) is 0.801. The van der Waals surface area contributed by atoms with E-state index in [2.05, 4.69) is 23.6 Å². The van der Waals surface area contributed by atoms with Gasteiger partial charge in [-0.05, 0) is 37.8 Å². The lowest BCUT2D eigenvalue weighted by molar-refractivity contribution is 0.0696. The van der Waals surface area contributed by atoms with Crippen LogP contribution < -0.4 is 4.72 Å². The number of nitrogens with zero attached hydrogens (tertiary/aromatic N) is 1. The predicted octanol–water partition coefficient (Wildman–Crippen LogP) is 1.88. The minimum absolute atomic E-state index is 0.0446. The average molecular weight is 300 g/mol. The van der Waals surface area contributed by atoms with Crippen molar-refractivity contribution in [3.05, 3.63) is 23.9 Å². The predicted molar refractivity (Wildman–Crippen MR) is 75.1 cm³/mol. The number of hydrogen-bond donors (Lipinski definition) is 2. The van der Waals surface area contributed by atoms with Crippen LogP contribution in [0.2, 0.25) is 0 Å². The molecule has 1 aromatic rings. The van der Waals surface area contributed by atoms with E-state index >= 15 is 0 Å². The van der Waals surface area contributed by atoms with Crippen molar-refractivity contribution in [2.45, 2.75) is 44.7 Å². The molecule has 1 atom stereocenters. The number of carboxylic acids is 1. The zero-order chi connectivity index (χ0) is 15.3. The number of nitrogens with one attached hydrogen (secondary N) is 1. The Hall–Kier alpha value is -1.47. The summed E-state index contributed by atoms with van der Waals surface area (Å²) in [6.45, 7) is 5.95. The smallest absolute Gasteiger partial charge is 0.337 e.